The van der Waals surface area contributed by atoms with Crippen LogP contribution < -0.4 is 5.32 Å². The van der Waals surface area contributed by atoms with E-state index in [1.165, 1.54) is 0 Å². The van der Waals surface area contributed by atoms with Crippen molar-refractivity contribution < 1.29 is 9.59 Å². The highest BCUT2D eigenvalue weighted by Crippen LogP contribution is 2.40. The van der Waals surface area contributed by atoms with Crippen LogP contribution in [0.1, 0.15) is 15.9 Å². The number of carbonyl (C=O) groups is 2. The number of ketones is 1. The Morgan fingerprint density at radius 2 is 1.72 bits per heavy atom. The maximum atomic E-state index is 12.2. The zero-order valence-corrected chi connectivity index (χ0v) is 9.99. The van der Waals surface area contributed by atoms with Gasteiger partial charge in [0, 0.05) is 11.1 Å². The van der Waals surface area contributed by atoms with Gasteiger partial charge in [-0.05, 0) is 23.3 Å². The Bertz CT molecular complexity index is 679. The number of amides is 1. The fourth-order valence-electron chi connectivity index (χ4n) is 2.22. The Labute approximate surface area is 108 Å². The molecule has 0 unspecified atom stereocenters. The van der Waals surface area contributed by atoms with Gasteiger partial charge in [0.2, 0.25) is 6.41 Å². The number of rotatable bonds is 2. The minimum Gasteiger partial charge on any atom is -0.327 e. The Morgan fingerprint density at radius 3 is 2.44 bits per heavy atom. The van der Waals surface area contributed by atoms with Crippen LogP contribution in [0, 0.1) is 0 Å². The van der Waals surface area contributed by atoms with E-state index in [1.807, 2.05) is 18.2 Å². The highest BCUT2D eigenvalue weighted by Gasteiger charge is 2.27. The molecule has 3 rings (SSSR count). The van der Waals surface area contributed by atoms with E-state index in [4.69, 9.17) is 11.6 Å². The Hall–Kier alpha value is -2.13. The lowest BCUT2D eigenvalue weighted by Crippen LogP contribution is -1.99. The summed E-state index contributed by atoms with van der Waals surface area (Å²) < 4.78 is 0. The normalized spacial score (nSPS) is 11.9. The van der Waals surface area contributed by atoms with Gasteiger partial charge in [0.15, 0.2) is 5.78 Å². The van der Waals surface area contributed by atoms with E-state index in [2.05, 4.69) is 5.32 Å². The first-order valence-corrected chi connectivity index (χ1v) is 5.78. The fourth-order valence-corrected chi connectivity index (χ4v) is 2.44. The van der Waals surface area contributed by atoms with Crippen LogP contribution in [0.4, 0.5) is 5.69 Å². The van der Waals surface area contributed by atoms with E-state index < -0.39 is 0 Å². The van der Waals surface area contributed by atoms with Gasteiger partial charge in [-0.1, -0.05) is 35.9 Å². The quantitative estimate of drug-likeness (QED) is 0.717. The lowest BCUT2D eigenvalue weighted by atomic mass is 10.1. The highest BCUT2D eigenvalue weighted by molar-refractivity contribution is 6.35. The van der Waals surface area contributed by atoms with Crippen LogP contribution in [0.2, 0.25) is 5.02 Å². The van der Waals surface area contributed by atoms with Crippen molar-refractivity contribution in [2.45, 2.75) is 0 Å². The van der Waals surface area contributed by atoms with Gasteiger partial charge >= 0.3 is 0 Å². The number of anilines is 1. The average molecular weight is 258 g/mol. The maximum absolute atomic E-state index is 12.2. The second kappa shape index (κ2) is 3.96. The van der Waals surface area contributed by atoms with Gasteiger partial charge in [0.05, 0.1) is 10.7 Å². The molecule has 2 aromatic carbocycles. The van der Waals surface area contributed by atoms with E-state index in [0.29, 0.717) is 28.2 Å². The van der Waals surface area contributed by atoms with Crippen molar-refractivity contribution in [3.8, 4) is 11.1 Å². The van der Waals surface area contributed by atoms with Crippen LogP contribution in [-0.4, -0.2) is 12.2 Å². The zero-order chi connectivity index (χ0) is 12.7. The van der Waals surface area contributed by atoms with Crippen LogP contribution in [0.15, 0.2) is 36.4 Å². The van der Waals surface area contributed by atoms with E-state index >= 15 is 0 Å². The first-order chi connectivity index (χ1) is 8.72. The number of benzene rings is 2. The number of halogens is 1. The molecule has 0 atom stereocenters. The number of fused-ring (bicyclic) bond motifs is 3. The standard InChI is InChI=1S/C14H8ClNO2/c15-12-5-10-8-3-1-2-4-9(8)14(18)11(10)6-13(12)16-7-17/h1-7H,(H,16,17). The number of carbonyl (C=O) groups excluding carboxylic acids is 2. The summed E-state index contributed by atoms with van der Waals surface area (Å²) in [5.74, 6) is -0.0359. The second-order valence-corrected chi connectivity index (χ2v) is 4.42. The second-order valence-electron chi connectivity index (χ2n) is 4.01. The summed E-state index contributed by atoms with van der Waals surface area (Å²) in [4.78, 5) is 22.7. The van der Waals surface area contributed by atoms with E-state index in [0.717, 1.165) is 11.1 Å². The molecule has 1 aliphatic carbocycles. The molecule has 1 amide bonds. The smallest absolute Gasteiger partial charge is 0.211 e. The van der Waals surface area contributed by atoms with Crippen LogP contribution >= 0.6 is 11.6 Å². The maximum Gasteiger partial charge on any atom is 0.211 e. The van der Waals surface area contributed by atoms with Crippen molar-refractivity contribution in [2.75, 3.05) is 5.32 Å². The molecule has 1 N–H and O–H groups in total. The number of hydrogen-bond donors (Lipinski definition) is 1. The van der Waals surface area contributed by atoms with Gasteiger partial charge in [-0.3, -0.25) is 9.59 Å². The number of hydrogen-bond acceptors (Lipinski definition) is 2. The summed E-state index contributed by atoms with van der Waals surface area (Å²) in [7, 11) is 0. The molecule has 0 aromatic heterocycles. The lowest BCUT2D eigenvalue weighted by Gasteiger charge is -2.06. The average Bonchev–Trinajstić information content (AvgIpc) is 2.65. The van der Waals surface area contributed by atoms with Gasteiger partial charge in [-0.15, -0.1) is 0 Å². The molecule has 4 heteroatoms. The molecule has 0 bridgehead atoms. The van der Waals surface area contributed by atoms with Gasteiger partial charge in [0.25, 0.3) is 0 Å². The molecule has 0 saturated heterocycles. The number of nitrogens with one attached hydrogen (secondary N) is 1. The first-order valence-electron chi connectivity index (χ1n) is 5.40. The molecule has 2 aromatic rings. The van der Waals surface area contributed by atoms with Crippen molar-refractivity contribution in [3.63, 3.8) is 0 Å². The molecule has 88 valence electrons. The van der Waals surface area contributed by atoms with Crippen molar-refractivity contribution in [1.29, 1.82) is 0 Å². The van der Waals surface area contributed by atoms with E-state index in [-0.39, 0.29) is 5.78 Å². The zero-order valence-electron chi connectivity index (χ0n) is 9.24. The fraction of sp³-hybridized carbons (Fsp3) is 0. The van der Waals surface area contributed by atoms with Gasteiger partial charge < -0.3 is 5.32 Å². The van der Waals surface area contributed by atoms with Crippen LogP contribution in [-0.2, 0) is 4.79 Å². The van der Waals surface area contributed by atoms with Gasteiger partial charge in [0.1, 0.15) is 0 Å². The summed E-state index contributed by atoms with van der Waals surface area (Å²) in [5, 5.41) is 2.91. The highest BCUT2D eigenvalue weighted by atomic mass is 35.5. The summed E-state index contributed by atoms with van der Waals surface area (Å²) >= 11 is 6.07. The van der Waals surface area contributed by atoms with Crippen molar-refractivity contribution >= 4 is 29.5 Å². The molecule has 0 heterocycles. The van der Waals surface area contributed by atoms with Crippen molar-refractivity contribution in [3.05, 3.63) is 52.5 Å². The molecule has 0 saturated carbocycles. The monoisotopic (exact) mass is 257 g/mol. The molecule has 18 heavy (non-hydrogen) atoms. The topological polar surface area (TPSA) is 46.2 Å². The Morgan fingerprint density at radius 1 is 1.00 bits per heavy atom. The van der Waals surface area contributed by atoms with Gasteiger partial charge in [-0.25, -0.2) is 0 Å². The largest absolute Gasteiger partial charge is 0.327 e. The van der Waals surface area contributed by atoms with E-state index in [1.54, 1.807) is 18.2 Å². The molecular weight excluding hydrogens is 250 g/mol. The molecule has 0 aliphatic heterocycles. The summed E-state index contributed by atoms with van der Waals surface area (Å²) in [5.41, 5.74) is 3.40. The third kappa shape index (κ3) is 1.45. The lowest BCUT2D eigenvalue weighted by molar-refractivity contribution is -0.105. The summed E-state index contributed by atoms with van der Waals surface area (Å²) in [6.07, 6.45) is 0.542. The van der Waals surface area contributed by atoms with Gasteiger partial charge in [-0.2, -0.15) is 0 Å². The molecule has 0 fully saturated rings. The molecule has 0 radical (unpaired) electrons. The third-order valence-electron chi connectivity index (χ3n) is 3.03. The molecular formula is C14H8ClNO2. The third-order valence-corrected chi connectivity index (χ3v) is 3.34. The molecule has 3 nitrogen and oxygen atoms in total. The predicted molar refractivity (Wildman–Crippen MR) is 70.0 cm³/mol. The van der Waals surface area contributed by atoms with Crippen LogP contribution in [0.5, 0.6) is 0 Å². The van der Waals surface area contributed by atoms with Crippen LogP contribution in [0.25, 0.3) is 11.1 Å². The van der Waals surface area contributed by atoms with E-state index in [9.17, 15) is 9.59 Å². The molecule has 1 aliphatic rings. The van der Waals surface area contributed by atoms with Crippen LogP contribution in [0.3, 0.4) is 0 Å². The van der Waals surface area contributed by atoms with Crippen molar-refractivity contribution in [1.82, 2.24) is 0 Å². The first kappa shape index (κ1) is 11.0. The summed E-state index contributed by atoms with van der Waals surface area (Å²) in [6, 6.07) is 10.7. The Kier molecular flexibility index (Phi) is 2.42. The minimum atomic E-state index is -0.0359. The van der Waals surface area contributed by atoms with Crippen molar-refractivity contribution in [2.24, 2.45) is 0 Å². The predicted octanol–water partition coefficient (Wildman–Crippen LogP) is 3.12. The summed E-state index contributed by atoms with van der Waals surface area (Å²) in [6.45, 7) is 0. The minimum absolute atomic E-state index is 0.0359. The SMILES string of the molecule is O=CNc1cc2c(cc1Cl)-c1ccccc1C2=O. The molecule has 0 spiro atoms. The Balaban J connectivity index is 2.26.